The van der Waals surface area contributed by atoms with Gasteiger partial charge in [-0.25, -0.2) is 4.79 Å². The van der Waals surface area contributed by atoms with E-state index in [0.717, 1.165) is 21.8 Å². The fraction of sp³-hybridized carbons (Fsp3) is 0.378. The second kappa shape index (κ2) is 22.9. The summed E-state index contributed by atoms with van der Waals surface area (Å²) in [6, 6.07) is 13.7. The highest BCUT2D eigenvalue weighted by molar-refractivity contribution is 7.98. The highest BCUT2D eigenvalue weighted by Gasteiger charge is 2.35. The van der Waals surface area contributed by atoms with Crippen molar-refractivity contribution in [3.8, 4) is 5.75 Å². The Kier molecular flexibility index (Phi) is 17.5. The van der Waals surface area contributed by atoms with Crippen LogP contribution in [0.3, 0.4) is 0 Å². The van der Waals surface area contributed by atoms with Gasteiger partial charge in [0.25, 0.3) is 0 Å². The zero-order valence-corrected chi connectivity index (χ0v) is 37.1. The van der Waals surface area contributed by atoms with Crippen molar-refractivity contribution in [2.45, 2.75) is 82.2 Å². The second-order valence-corrected chi connectivity index (χ2v) is 16.9. The van der Waals surface area contributed by atoms with E-state index in [1.54, 1.807) is 31.5 Å². The van der Waals surface area contributed by atoms with Crippen molar-refractivity contribution >= 4 is 81.7 Å². The molecule has 0 spiro atoms. The van der Waals surface area contributed by atoms with Crippen LogP contribution in [0.5, 0.6) is 5.75 Å². The fourth-order valence-corrected chi connectivity index (χ4v) is 7.79. The molecule has 336 valence electrons. The molecule has 5 amide bonds. The summed E-state index contributed by atoms with van der Waals surface area (Å²) in [6.45, 7) is 3.65. The number of aromatic hydroxyl groups is 1. The first kappa shape index (κ1) is 48.1. The van der Waals surface area contributed by atoms with Gasteiger partial charge in [-0.15, -0.1) is 0 Å². The number of para-hydroxylation sites is 2. The Labute approximate surface area is 375 Å². The van der Waals surface area contributed by atoms with E-state index in [1.807, 2.05) is 61.7 Å². The molecule has 0 saturated heterocycles. The predicted octanol–water partition coefficient (Wildman–Crippen LogP) is 2.95. The van der Waals surface area contributed by atoms with Crippen LogP contribution in [0.4, 0.5) is 0 Å². The van der Waals surface area contributed by atoms with E-state index in [2.05, 4.69) is 49.2 Å². The van der Waals surface area contributed by atoms with Gasteiger partial charge in [0.2, 0.25) is 29.5 Å². The van der Waals surface area contributed by atoms with Crippen LogP contribution in [-0.4, -0.2) is 110 Å². The Morgan fingerprint density at radius 2 is 1.16 bits per heavy atom. The van der Waals surface area contributed by atoms with Gasteiger partial charge < -0.3 is 52.5 Å². The molecule has 2 aromatic heterocycles. The van der Waals surface area contributed by atoms with E-state index >= 15 is 0 Å². The first-order chi connectivity index (χ1) is 30.2. The molecular formula is C45H56N8O8S2. The van der Waals surface area contributed by atoms with Gasteiger partial charge in [-0.3, -0.25) is 24.0 Å². The van der Waals surface area contributed by atoms with Gasteiger partial charge in [-0.05, 0) is 65.3 Å². The molecule has 0 fully saturated rings. The van der Waals surface area contributed by atoms with Crippen molar-refractivity contribution in [3.63, 3.8) is 0 Å². The first-order valence-electron chi connectivity index (χ1n) is 20.7. The number of carboxylic acids is 1. The molecule has 16 nitrogen and oxygen atoms in total. The summed E-state index contributed by atoms with van der Waals surface area (Å²) in [7, 11) is 0. The van der Waals surface area contributed by atoms with Gasteiger partial charge in [-0.2, -0.15) is 24.4 Å². The van der Waals surface area contributed by atoms with Crippen LogP contribution in [0.25, 0.3) is 21.8 Å². The van der Waals surface area contributed by atoms with Crippen LogP contribution in [0, 0.1) is 5.92 Å². The van der Waals surface area contributed by atoms with Crippen molar-refractivity contribution in [2.75, 3.05) is 17.8 Å². The SMILES string of the molecule is CC[C@H](C)[C@H](NC(=O)[C@@H](N)CS)C(=O)N[C@@H](Cc1c[nH]c2ccccc12)C(=O)N[C@@H](Cc1c[nH]c2ccccc12)C(=O)N[C@@H](Cc1ccc(O)cc1)C(=O)N[C@@H](CCSC)C(=O)O. The number of thioether (sulfide) groups is 1. The number of carbonyl (C=O) groups excluding carboxylic acids is 5. The lowest BCUT2D eigenvalue weighted by Gasteiger charge is -2.29. The van der Waals surface area contributed by atoms with Gasteiger partial charge in [-0.1, -0.05) is 68.8 Å². The zero-order chi connectivity index (χ0) is 45.6. The number of nitrogens with two attached hydrogens (primary N) is 1. The molecule has 0 saturated carbocycles. The lowest BCUT2D eigenvalue weighted by atomic mass is 9.96. The molecule has 18 heteroatoms. The number of aliphatic carboxylic acids is 1. The maximum Gasteiger partial charge on any atom is 0.326 e. The molecule has 0 unspecified atom stereocenters. The maximum absolute atomic E-state index is 14.7. The topological polar surface area (TPSA) is 261 Å². The summed E-state index contributed by atoms with van der Waals surface area (Å²) in [5, 5.41) is 35.2. The van der Waals surface area contributed by atoms with Crippen LogP contribution < -0.4 is 32.3 Å². The smallest absolute Gasteiger partial charge is 0.326 e. The number of hydrogen-bond acceptors (Lipinski definition) is 10. The van der Waals surface area contributed by atoms with E-state index in [9.17, 15) is 39.0 Å². The van der Waals surface area contributed by atoms with E-state index in [4.69, 9.17) is 5.73 Å². The van der Waals surface area contributed by atoms with Crippen LogP contribution in [0.15, 0.2) is 85.2 Å². The minimum Gasteiger partial charge on any atom is -0.508 e. The molecule has 0 aliphatic heterocycles. The molecule has 7 atom stereocenters. The number of carboxylic acid groups (broad SMARTS) is 1. The average Bonchev–Trinajstić information content (AvgIpc) is 3.89. The third-order valence-electron chi connectivity index (χ3n) is 11.0. The molecule has 2 heterocycles. The molecule has 0 radical (unpaired) electrons. The summed E-state index contributed by atoms with van der Waals surface area (Å²) in [5.41, 5.74) is 9.46. The number of carbonyl (C=O) groups is 6. The number of aromatic amines is 2. The van der Waals surface area contributed by atoms with Crippen molar-refractivity contribution in [2.24, 2.45) is 11.7 Å². The van der Waals surface area contributed by atoms with E-state index in [1.165, 1.54) is 23.9 Å². The number of fused-ring (bicyclic) bond motifs is 2. The summed E-state index contributed by atoms with van der Waals surface area (Å²) in [6.07, 6.45) is 5.76. The predicted molar refractivity (Wildman–Crippen MR) is 247 cm³/mol. The number of aromatic nitrogens is 2. The molecule has 5 aromatic rings. The van der Waals surface area contributed by atoms with Crippen LogP contribution in [-0.2, 0) is 48.0 Å². The Bertz CT molecular complexity index is 2370. The summed E-state index contributed by atoms with van der Waals surface area (Å²) < 4.78 is 0. The summed E-state index contributed by atoms with van der Waals surface area (Å²) in [5.74, 6) is -4.58. The lowest BCUT2D eigenvalue weighted by Crippen LogP contribution is -2.61. The van der Waals surface area contributed by atoms with Crippen molar-refractivity contribution in [1.29, 1.82) is 0 Å². The Hall–Kier alpha value is -5.98. The van der Waals surface area contributed by atoms with E-state index in [0.29, 0.717) is 28.9 Å². The average molecular weight is 901 g/mol. The fourth-order valence-electron chi connectivity index (χ4n) is 7.15. The lowest BCUT2D eigenvalue weighted by molar-refractivity contribution is -0.142. The van der Waals surface area contributed by atoms with Crippen LogP contribution in [0.2, 0.25) is 0 Å². The third-order valence-corrected chi connectivity index (χ3v) is 12.1. The number of benzene rings is 3. The van der Waals surface area contributed by atoms with Crippen molar-refractivity contribution in [3.05, 3.63) is 102 Å². The quantitative estimate of drug-likeness (QED) is 0.0427. The Balaban J connectivity index is 1.51. The highest BCUT2D eigenvalue weighted by atomic mass is 32.2. The highest BCUT2D eigenvalue weighted by Crippen LogP contribution is 2.22. The van der Waals surface area contributed by atoms with E-state index < -0.39 is 71.8 Å². The number of thiol groups is 1. The van der Waals surface area contributed by atoms with E-state index in [-0.39, 0.29) is 43.1 Å². The molecule has 0 bridgehead atoms. The van der Waals surface area contributed by atoms with Crippen molar-refractivity contribution < 1.29 is 39.0 Å². The molecule has 11 N–H and O–H groups in total. The minimum atomic E-state index is -1.33. The van der Waals surface area contributed by atoms with Crippen LogP contribution in [0.1, 0.15) is 43.4 Å². The summed E-state index contributed by atoms with van der Waals surface area (Å²) in [4.78, 5) is 89.0. The Morgan fingerprint density at radius 3 is 1.63 bits per heavy atom. The van der Waals surface area contributed by atoms with Gasteiger partial charge in [0.1, 0.15) is 36.0 Å². The van der Waals surface area contributed by atoms with Crippen molar-refractivity contribution in [1.82, 2.24) is 36.6 Å². The maximum atomic E-state index is 14.7. The number of phenolic OH excluding ortho intramolecular Hbond substituents is 1. The van der Waals surface area contributed by atoms with Crippen LogP contribution >= 0.6 is 24.4 Å². The molecule has 5 rings (SSSR count). The molecular weight excluding hydrogens is 845 g/mol. The molecule has 0 aliphatic rings. The molecule has 3 aromatic carbocycles. The first-order valence-corrected chi connectivity index (χ1v) is 22.7. The molecule has 63 heavy (non-hydrogen) atoms. The number of amides is 5. The number of phenols is 1. The standard InChI is InChI=1S/C45H56N8O8S2/c1-4-25(2)39(53-40(55)32(46)24-62)44(59)52-38(21-28-23-48-34-12-8-6-10-31(28)34)43(58)51-37(20-27-22-47-33-11-7-5-9-30(27)33)42(57)50-36(19-26-13-15-29(54)16-14-26)41(56)49-35(45(60)61)17-18-63-3/h5-16,22-23,25,32,35-39,47-48,54,62H,4,17-21,24,46H2,1-3H3,(H,49,56)(H,50,57)(H,51,58)(H,52,59)(H,53,55)(H,60,61)/t25-,32-,35-,36-,37-,38-,39-/m0/s1. The third kappa shape index (κ3) is 13.0. The second-order valence-electron chi connectivity index (χ2n) is 15.5. The number of hydrogen-bond donors (Lipinski definition) is 11. The number of rotatable bonds is 23. The number of nitrogens with one attached hydrogen (secondary N) is 7. The molecule has 0 aliphatic carbocycles. The Morgan fingerprint density at radius 1 is 0.683 bits per heavy atom. The zero-order valence-electron chi connectivity index (χ0n) is 35.4. The minimum absolute atomic E-state index is 0.0123. The summed E-state index contributed by atoms with van der Waals surface area (Å²) >= 11 is 5.55. The van der Waals surface area contributed by atoms with Gasteiger partial charge >= 0.3 is 5.97 Å². The van der Waals surface area contributed by atoms with Gasteiger partial charge in [0.15, 0.2) is 0 Å². The van der Waals surface area contributed by atoms with Gasteiger partial charge in [0, 0.05) is 59.2 Å². The van der Waals surface area contributed by atoms with Gasteiger partial charge in [0.05, 0.1) is 6.04 Å². The largest absolute Gasteiger partial charge is 0.508 e. The normalized spacial score (nSPS) is 14.7. The monoisotopic (exact) mass is 900 g/mol. The number of H-pyrrole nitrogens is 2.